The van der Waals surface area contributed by atoms with E-state index >= 15 is 0 Å². The number of nitrogens with one attached hydrogen (secondary N) is 1. The van der Waals surface area contributed by atoms with Crippen molar-refractivity contribution >= 4 is 5.78 Å². The molecule has 0 bridgehead atoms. The molecule has 3 nitrogen and oxygen atoms in total. The molecule has 2 rings (SSSR count). The fourth-order valence-electron chi connectivity index (χ4n) is 2.02. The van der Waals surface area contributed by atoms with Gasteiger partial charge in [-0.15, -0.1) is 0 Å². The van der Waals surface area contributed by atoms with Crippen LogP contribution in [-0.4, -0.2) is 25.5 Å². The first-order chi connectivity index (χ1) is 8.08. The number of benzene rings is 1. The van der Waals surface area contributed by atoms with Gasteiger partial charge in [-0.05, 0) is 13.0 Å². The van der Waals surface area contributed by atoms with Crippen molar-refractivity contribution in [2.45, 2.75) is 12.5 Å². The summed E-state index contributed by atoms with van der Waals surface area (Å²) in [5.41, 5.74) is -1.46. The molecule has 0 radical (unpaired) electrons. The highest BCUT2D eigenvalue weighted by atomic mass is 19.2. The second-order valence-electron chi connectivity index (χ2n) is 4.01. The van der Waals surface area contributed by atoms with Crippen LogP contribution in [0.3, 0.4) is 0 Å². The Morgan fingerprint density at radius 2 is 2.24 bits per heavy atom. The molecule has 5 heteroatoms. The number of rotatable bonds is 2. The average Bonchev–Trinajstić information content (AvgIpc) is 2.33. The van der Waals surface area contributed by atoms with Crippen LogP contribution in [0, 0.1) is 11.6 Å². The number of hydrogen-bond acceptors (Lipinski definition) is 3. The van der Waals surface area contributed by atoms with Gasteiger partial charge in [0.15, 0.2) is 23.0 Å². The molecule has 1 aromatic carbocycles. The highest BCUT2D eigenvalue weighted by Gasteiger charge is 2.42. The van der Waals surface area contributed by atoms with Crippen LogP contribution < -0.4 is 5.32 Å². The van der Waals surface area contributed by atoms with Crippen LogP contribution >= 0.6 is 0 Å². The Hall–Kier alpha value is -1.33. The van der Waals surface area contributed by atoms with Crippen LogP contribution in [0.2, 0.25) is 0 Å². The van der Waals surface area contributed by atoms with Crippen LogP contribution in [-0.2, 0) is 15.1 Å². The van der Waals surface area contributed by atoms with E-state index in [1.165, 1.54) is 19.1 Å². The minimum Gasteiger partial charge on any atom is -0.360 e. The molecule has 92 valence electrons. The maximum Gasteiger partial charge on any atom is 0.167 e. The highest BCUT2D eigenvalue weighted by molar-refractivity contribution is 5.87. The third-order valence-corrected chi connectivity index (χ3v) is 2.96. The molecular formula is C12H13F2NO2. The van der Waals surface area contributed by atoms with Gasteiger partial charge in [0, 0.05) is 18.7 Å². The van der Waals surface area contributed by atoms with E-state index in [0.717, 1.165) is 6.07 Å². The summed E-state index contributed by atoms with van der Waals surface area (Å²) < 4.78 is 32.4. The molecule has 0 amide bonds. The Morgan fingerprint density at radius 3 is 2.82 bits per heavy atom. The Bertz CT molecular complexity index is 442. The summed E-state index contributed by atoms with van der Waals surface area (Å²) in [5.74, 6) is -2.34. The maximum absolute atomic E-state index is 13.8. The van der Waals surface area contributed by atoms with Crippen molar-refractivity contribution in [2.75, 3.05) is 19.7 Å². The van der Waals surface area contributed by atoms with Gasteiger partial charge in [0.2, 0.25) is 0 Å². The monoisotopic (exact) mass is 241 g/mol. The third kappa shape index (κ3) is 1.96. The van der Waals surface area contributed by atoms with Gasteiger partial charge in [-0.3, -0.25) is 4.79 Å². The molecule has 0 aliphatic carbocycles. The molecule has 0 spiro atoms. The quantitative estimate of drug-likeness (QED) is 0.849. The van der Waals surface area contributed by atoms with E-state index in [1.807, 2.05) is 0 Å². The zero-order valence-electron chi connectivity index (χ0n) is 9.43. The summed E-state index contributed by atoms with van der Waals surface area (Å²) in [6.07, 6.45) is 0. The smallest absolute Gasteiger partial charge is 0.167 e. The number of ether oxygens (including phenoxy) is 1. The topological polar surface area (TPSA) is 38.3 Å². The molecule has 17 heavy (non-hydrogen) atoms. The Balaban J connectivity index is 2.53. The lowest BCUT2D eigenvalue weighted by Gasteiger charge is -2.36. The van der Waals surface area contributed by atoms with Gasteiger partial charge in [0.05, 0.1) is 6.61 Å². The molecule has 1 atom stereocenters. The number of halogens is 2. The van der Waals surface area contributed by atoms with Crippen LogP contribution in [0.5, 0.6) is 0 Å². The number of carbonyl (C=O) groups is 1. The number of carbonyl (C=O) groups excluding carboxylic acids is 1. The Labute approximate surface area is 97.8 Å². The second kappa shape index (κ2) is 4.50. The van der Waals surface area contributed by atoms with Crippen molar-refractivity contribution in [3.63, 3.8) is 0 Å². The van der Waals surface area contributed by atoms with Crippen molar-refractivity contribution in [2.24, 2.45) is 0 Å². The van der Waals surface area contributed by atoms with Crippen molar-refractivity contribution in [3.05, 3.63) is 35.4 Å². The van der Waals surface area contributed by atoms with E-state index in [2.05, 4.69) is 5.32 Å². The minimum absolute atomic E-state index is 0.0443. The largest absolute Gasteiger partial charge is 0.360 e. The lowest BCUT2D eigenvalue weighted by molar-refractivity contribution is -0.148. The van der Waals surface area contributed by atoms with E-state index in [0.29, 0.717) is 6.54 Å². The maximum atomic E-state index is 13.8. The molecule has 1 aromatic rings. The van der Waals surface area contributed by atoms with E-state index in [-0.39, 0.29) is 24.5 Å². The van der Waals surface area contributed by atoms with Crippen LogP contribution in [0.4, 0.5) is 8.78 Å². The second-order valence-corrected chi connectivity index (χ2v) is 4.01. The zero-order chi connectivity index (χ0) is 12.5. The molecule has 1 fully saturated rings. The predicted molar refractivity (Wildman–Crippen MR) is 57.5 cm³/mol. The summed E-state index contributed by atoms with van der Waals surface area (Å²) in [6.45, 7) is 2.35. The van der Waals surface area contributed by atoms with Crippen molar-refractivity contribution < 1.29 is 18.3 Å². The standard InChI is InChI=1S/C12H13F2NO2/c1-8(16)12(7-15-5-6-17-12)9-3-2-4-10(13)11(9)14/h2-4,15H,5-7H2,1H3. The fraction of sp³-hybridized carbons (Fsp3) is 0.417. The lowest BCUT2D eigenvalue weighted by atomic mass is 9.88. The van der Waals surface area contributed by atoms with E-state index in [4.69, 9.17) is 4.74 Å². The van der Waals surface area contributed by atoms with E-state index < -0.39 is 17.2 Å². The van der Waals surface area contributed by atoms with Gasteiger partial charge >= 0.3 is 0 Å². The summed E-state index contributed by atoms with van der Waals surface area (Å²) in [5, 5.41) is 2.97. The summed E-state index contributed by atoms with van der Waals surface area (Å²) in [7, 11) is 0. The van der Waals surface area contributed by atoms with Crippen LogP contribution in [0.1, 0.15) is 12.5 Å². The van der Waals surface area contributed by atoms with Gasteiger partial charge < -0.3 is 10.1 Å². The normalized spacial score (nSPS) is 24.6. The first-order valence-electron chi connectivity index (χ1n) is 5.38. The molecule has 1 unspecified atom stereocenters. The third-order valence-electron chi connectivity index (χ3n) is 2.96. The Morgan fingerprint density at radius 1 is 1.47 bits per heavy atom. The first-order valence-corrected chi connectivity index (χ1v) is 5.38. The molecular weight excluding hydrogens is 228 g/mol. The minimum atomic E-state index is -1.41. The summed E-state index contributed by atoms with van der Waals surface area (Å²) in [4.78, 5) is 11.7. The fourth-order valence-corrected chi connectivity index (χ4v) is 2.02. The molecule has 0 saturated carbocycles. The molecule has 0 aromatic heterocycles. The molecule has 1 saturated heterocycles. The molecule has 1 aliphatic rings. The van der Waals surface area contributed by atoms with Gasteiger partial charge in [0.25, 0.3) is 0 Å². The van der Waals surface area contributed by atoms with Gasteiger partial charge in [-0.1, -0.05) is 12.1 Å². The predicted octanol–water partition coefficient (Wildman–Crippen LogP) is 1.37. The lowest BCUT2D eigenvalue weighted by Crippen LogP contribution is -2.52. The Kier molecular flexibility index (Phi) is 3.22. The van der Waals surface area contributed by atoms with Gasteiger partial charge in [0.1, 0.15) is 0 Å². The molecule has 1 N–H and O–H groups in total. The van der Waals surface area contributed by atoms with Crippen molar-refractivity contribution in [3.8, 4) is 0 Å². The molecule has 1 heterocycles. The number of Topliss-reactive ketones (excluding diaryl/α,β-unsaturated/α-hetero) is 1. The average molecular weight is 241 g/mol. The van der Waals surface area contributed by atoms with Crippen LogP contribution in [0.25, 0.3) is 0 Å². The van der Waals surface area contributed by atoms with E-state index in [9.17, 15) is 13.6 Å². The number of morpholine rings is 1. The summed E-state index contributed by atoms with van der Waals surface area (Å²) >= 11 is 0. The highest BCUT2D eigenvalue weighted by Crippen LogP contribution is 2.31. The zero-order valence-corrected chi connectivity index (χ0v) is 9.43. The van der Waals surface area contributed by atoms with Crippen molar-refractivity contribution in [1.29, 1.82) is 0 Å². The SMILES string of the molecule is CC(=O)C1(c2cccc(F)c2F)CNCCO1. The van der Waals surface area contributed by atoms with Crippen LogP contribution in [0.15, 0.2) is 18.2 Å². The van der Waals surface area contributed by atoms with Gasteiger partial charge in [-0.2, -0.15) is 0 Å². The number of ketones is 1. The summed E-state index contributed by atoms with van der Waals surface area (Å²) in [6, 6.07) is 3.77. The van der Waals surface area contributed by atoms with Crippen molar-refractivity contribution in [1.82, 2.24) is 5.32 Å². The molecule has 1 aliphatic heterocycles. The van der Waals surface area contributed by atoms with Gasteiger partial charge in [-0.25, -0.2) is 8.78 Å². The number of hydrogen-bond donors (Lipinski definition) is 1. The first kappa shape index (κ1) is 12.1. The van der Waals surface area contributed by atoms with E-state index in [1.54, 1.807) is 0 Å².